The summed E-state index contributed by atoms with van der Waals surface area (Å²) in [4.78, 5) is 10.5. The molecule has 0 saturated heterocycles. The fraction of sp³-hybridized carbons (Fsp3) is 0.462. The van der Waals surface area contributed by atoms with Crippen LogP contribution in [0, 0.1) is 6.92 Å². The SMILES string of the molecule is CCCc1cc(C)ccc1CCC(=O)O. The fourth-order valence-corrected chi connectivity index (χ4v) is 1.74. The number of aryl methyl sites for hydroxylation is 3. The largest absolute Gasteiger partial charge is 0.481 e. The van der Waals surface area contributed by atoms with E-state index in [4.69, 9.17) is 5.11 Å². The average molecular weight is 206 g/mol. The van der Waals surface area contributed by atoms with Crippen molar-refractivity contribution in [3.05, 3.63) is 34.9 Å². The van der Waals surface area contributed by atoms with E-state index < -0.39 is 5.97 Å². The van der Waals surface area contributed by atoms with Crippen LogP contribution in [0.1, 0.15) is 36.5 Å². The van der Waals surface area contributed by atoms with Crippen molar-refractivity contribution in [1.29, 1.82) is 0 Å². The minimum absolute atomic E-state index is 0.222. The molecule has 2 heteroatoms. The van der Waals surface area contributed by atoms with Gasteiger partial charge < -0.3 is 5.11 Å². The van der Waals surface area contributed by atoms with E-state index in [0.29, 0.717) is 6.42 Å². The van der Waals surface area contributed by atoms with Crippen LogP contribution in [0.25, 0.3) is 0 Å². The Kier molecular flexibility index (Phi) is 4.35. The van der Waals surface area contributed by atoms with Crippen molar-refractivity contribution in [2.24, 2.45) is 0 Å². The van der Waals surface area contributed by atoms with E-state index in [1.165, 1.54) is 16.7 Å². The van der Waals surface area contributed by atoms with Crippen LogP contribution in [-0.2, 0) is 17.6 Å². The molecule has 1 N–H and O–H groups in total. The van der Waals surface area contributed by atoms with Crippen LogP contribution in [0.4, 0.5) is 0 Å². The van der Waals surface area contributed by atoms with Crippen LogP contribution < -0.4 is 0 Å². The van der Waals surface area contributed by atoms with Crippen molar-refractivity contribution < 1.29 is 9.90 Å². The molecule has 0 aliphatic carbocycles. The molecule has 0 aliphatic rings. The smallest absolute Gasteiger partial charge is 0.303 e. The lowest BCUT2D eigenvalue weighted by atomic mass is 9.97. The Morgan fingerprint density at radius 1 is 1.27 bits per heavy atom. The molecular weight excluding hydrogens is 188 g/mol. The highest BCUT2D eigenvalue weighted by molar-refractivity contribution is 5.67. The van der Waals surface area contributed by atoms with E-state index in [1.54, 1.807) is 0 Å². The van der Waals surface area contributed by atoms with Crippen LogP contribution in [0.5, 0.6) is 0 Å². The van der Waals surface area contributed by atoms with Crippen molar-refractivity contribution >= 4 is 5.97 Å². The van der Waals surface area contributed by atoms with Gasteiger partial charge in [0.1, 0.15) is 0 Å². The summed E-state index contributed by atoms with van der Waals surface area (Å²) in [5.74, 6) is -0.724. The van der Waals surface area contributed by atoms with Crippen LogP contribution in [-0.4, -0.2) is 11.1 Å². The molecule has 0 bridgehead atoms. The summed E-state index contributed by atoms with van der Waals surface area (Å²) in [6, 6.07) is 6.28. The molecule has 0 radical (unpaired) electrons. The van der Waals surface area contributed by atoms with Gasteiger partial charge in [0, 0.05) is 6.42 Å². The molecule has 0 spiro atoms. The van der Waals surface area contributed by atoms with Gasteiger partial charge in [-0.25, -0.2) is 0 Å². The summed E-state index contributed by atoms with van der Waals surface area (Å²) >= 11 is 0. The predicted octanol–water partition coefficient (Wildman–Crippen LogP) is 2.96. The summed E-state index contributed by atoms with van der Waals surface area (Å²) in [6.07, 6.45) is 3.00. The second-order valence-electron chi connectivity index (χ2n) is 3.92. The number of rotatable bonds is 5. The molecule has 1 rings (SSSR count). The normalized spacial score (nSPS) is 10.3. The molecule has 0 fully saturated rings. The zero-order valence-electron chi connectivity index (χ0n) is 9.42. The van der Waals surface area contributed by atoms with Crippen LogP contribution >= 0.6 is 0 Å². The minimum Gasteiger partial charge on any atom is -0.481 e. The average Bonchev–Trinajstić information content (AvgIpc) is 2.17. The van der Waals surface area contributed by atoms with Gasteiger partial charge in [0.05, 0.1) is 0 Å². The zero-order chi connectivity index (χ0) is 11.3. The summed E-state index contributed by atoms with van der Waals surface area (Å²) in [7, 11) is 0. The van der Waals surface area contributed by atoms with Gasteiger partial charge in [0.15, 0.2) is 0 Å². The molecule has 2 nitrogen and oxygen atoms in total. The van der Waals surface area contributed by atoms with Gasteiger partial charge in [-0.05, 0) is 30.9 Å². The molecule has 0 unspecified atom stereocenters. The van der Waals surface area contributed by atoms with Gasteiger partial charge >= 0.3 is 5.97 Å². The molecule has 15 heavy (non-hydrogen) atoms. The van der Waals surface area contributed by atoms with E-state index >= 15 is 0 Å². The molecule has 1 aromatic carbocycles. The number of benzene rings is 1. The van der Waals surface area contributed by atoms with Crippen molar-refractivity contribution in [2.75, 3.05) is 0 Å². The Labute approximate surface area is 90.9 Å². The van der Waals surface area contributed by atoms with Gasteiger partial charge in [0.25, 0.3) is 0 Å². The van der Waals surface area contributed by atoms with E-state index in [9.17, 15) is 4.79 Å². The highest BCUT2D eigenvalue weighted by Crippen LogP contribution is 2.15. The number of hydrogen-bond acceptors (Lipinski definition) is 1. The zero-order valence-corrected chi connectivity index (χ0v) is 9.42. The Morgan fingerprint density at radius 2 is 2.00 bits per heavy atom. The molecule has 0 heterocycles. The maximum atomic E-state index is 10.5. The standard InChI is InChI=1S/C13H18O2/c1-3-4-12-9-10(2)5-6-11(12)7-8-13(14)15/h5-6,9H,3-4,7-8H2,1-2H3,(H,14,15). The Hall–Kier alpha value is -1.31. The highest BCUT2D eigenvalue weighted by Gasteiger charge is 2.04. The number of carboxylic acid groups (broad SMARTS) is 1. The number of carbonyl (C=O) groups is 1. The monoisotopic (exact) mass is 206 g/mol. The van der Waals surface area contributed by atoms with Gasteiger partial charge in [-0.1, -0.05) is 37.1 Å². The third-order valence-electron chi connectivity index (χ3n) is 2.49. The summed E-state index contributed by atoms with van der Waals surface area (Å²) in [5.41, 5.74) is 3.74. The van der Waals surface area contributed by atoms with E-state index in [2.05, 4.69) is 32.0 Å². The summed E-state index contributed by atoms with van der Waals surface area (Å²) in [5, 5.41) is 8.65. The van der Waals surface area contributed by atoms with Crippen molar-refractivity contribution in [3.8, 4) is 0 Å². The molecule has 0 atom stereocenters. The third-order valence-corrected chi connectivity index (χ3v) is 2.49. The Morgan fingerprint density at radius 3 is 2.60 bits per heavy atom. The third kappa shape index (κ3) is 3.74. The maximum absolute atomic E-state index is 10.5. The first kappa shape index (κ1) is 11.8. The van der Waals surface area contributed by atoms with Gasteiger partial charge in [-0.15, -0.1) is 0 Å². The molecule has 0 aromatic heterocycles. The summed E-state index contributed by atoms with van der Waals surface area (Å²) in [6.45, 7) is 4.21. The number of carboxylic acids is 1. The van der Waals surface area contributed by atoms with E-state index in [1.807, 2.05) is 0 Å². The first-order valence-corrected chi connectivity index (χ1v) is 5.43. The molecule has 0 amide bonds. The Balaban J connectivity index is 2.80. The van der Waals surface area contributed by atoms with Gasteiger partial charge in [-0.2, -0.15) is 0 Å². The second-order valence-corrected chi connectivity index (χ2v) is 3.92. The van der Waals surface area contributed by atoms with Crippen molar-refractivity contribution in [2.45, 2.75) is 39.5 Å². The van der Waals surface area contributed by atoms with Crippen LogP contribution in [0.2, 0.25) is 0 Å². The minimum atomic E-state index is -0.724. The number of aliphatic carboxylic acids is 1. The van der Waals surface area contributed by atoms with Crippen molar-refractivity contribution in [1.82, 2.24) is 0 Å². The second kappa shape index (κ2) is 5.54. The van der Waals surface area contributed by atoms with E-state index in [0.717, 1.165) is 12.8 Å². The fourth-order valence-electron chi connectivity index (χ4n) is 1.74. The van der Waals surface area contributed by atoms with Crippen LogP contribution in [0.15, 0.2) is 18.2 Å². The van der Waals surface area contributed by atoms with E-state index in [-0.39, 0.29) is 6.42 Å². The lowest BCUT2D eigenvalue weighted by Crippen LogP contribution is -2.01. The first-order chi connectivity index (χ1) is 7.13. The van der Waals surface area contributed by atoms with Crippen molar-refractivity contribution in [3.63, 3.8) is 0 Å². The first-order valence-electron chi connectivity index (χ1n) is 5.43. The lowest BCUT2D eigenvalue weighted by molar-refractivity contribution is -0.136. The molecular formula is C13H18O2. The number of hydrogen-bond donors (Lipinski definition) is 1. The summed E-state index contributed by atoms with van der Waals surface area (Å²) < 4.78 is 0. The Bertz CT molecular complexity index is 342. The topological polar surface area (TPSA) is 37.3 Å². The molecule has 82 valence electrons. The molecule has 0 aliphatic heterocycles. The van der Waals surface area contributed by atoms with Crippen LogP contribution in [0.3, 0.4) is 0 Å². The van der Waals surface area contributed by atoms with Gasteiger partial charge in [-0.3, -0.25) is 4.79 Å². The molecule has 0 saturated carbocycles. The maximum Gasteiger partial charge on any atom is 0.303 e. The molecule has 1 aromatic rings. The predicted molar refractivity (Wildman–Crippen MR) is 61.1 cm³/mol. The lowest BCUT2D eigenvalue weighted by Gasteiger charge is -2.08. The quantitative estimate of drug-likeness (QED) is 0.804. The van der Waals surface area contributed by atoms with Gasteiger partial charge in [0.2, 0.25) is 0 Å². The highest BCUT2D eigenvalue weighted by atomic mass is 16.4.